The number of pyridine rings is 1. The second kappa shape index (κ2) is 5.65. The molecule has 1 N–H and O–H groups in total. The minimum atomic E-state index is -0.419. The topological polar surface area (TPSA) is 60.5 Å². The van der Waals surface area contributed by atoms with E-state index in [2.05, 4.69) is 10.3 Å². The third-order valence-electron chi connectivity index (χ3n) is 3.61. The van der Waals surface area contributed by atoms with Crippen LogP contribution in [-0.4, -0.2) is 17.7 Å². The maximum atomic E-state index is 13.2. The van der Waals surface area contributed by atoms with Crippen LogP contribution in [0.25, 0.3) is 10.9 Å². The minimum Gasteiger partial charge on any atom is -0.454 e. The maximum absolute atomic E-state index is 13.2. The van der Waals surface area contributed by atoms with Crippen LogP contribution in [-0.2, 0) is 0 Å². The summed E-state index contributed by atoms with van der Waals surface area (Å²) in [6.45, 7) is 0.156. The second-order valence-corrected chi connectivity index (χ2v) is 5.54. The number of benzene rings is 2. The third-order valence-corrected chi connectivity index (χ3v) is 3.90. The van der Waals surface area contributed by atoms with Crippen molar-refractivity contribution in [3.05, 3.63) is 59.0 Å². The summed E-state index contributed by atoms with van der Waals surface area (Å²) >= 11 is 6.07. The lowest BCUT2D eigenvalue weighted by Crippen LogP contribution is -2.13. The largest absolute Gasteiger partial charge is 0.454 e. The van der Waals surface area contributed by atoms with Gasteiger partial charge in [0.05, 0.1) is 11.1 Å². The van der Waals surface area contributed by atoms with Gasteiger partial charge >= 0.3 is 0 Å². The van der Waals surface area contributed by atoms with Crippen molar-refractivity contribution < 1.29 is 18.7 Å². The lowest BCUT2D eigenvalue weighted by atomic mass is 10.1. The number of nitrogens with zero attached hydrogens (tertiary/aromatic N) is 1. The molecule has 1 aliphatic heterocycles. The molecule has 0 bridgehead atoms. The first-order chi connectivity index (χ1) is 11.6. The molecule has 0 atom stereocenters. The molecule has 0 radical (unpaired) electrons. The van der Waals surface area contributed by atoms with E-state index in [-0.39, 0.29) is 17.5 Å². The fourth-order valence-corrected chi connectivity index (χ4v) is 2.68. The lowest BCUT2D eigenvalue weighted by Gasteiger charge is -2.08. The van der Waals surface area contributed by atoms with Crippen LogP contribution in [0.5, 0.6) is 11.5 Å². The van der Waals surface area contributed by atoms with E-state index in [0.29, 0.717) is 28.1 Å². The van der Waals surface area contributed by atoms with Crippen LogP contribution >= 0.6 is 11.6 Å². The molecule has 1 amide bonds. The highest BCUT2D eigenvalue weighted by atomic mass is 35.5. The minimum absolute atomic E-state index is 0.00587. The Kier molecular flexibility index (Phi) is 3.46. The average molecular weight is 345 g/mol. The molecule has 0 spiro atoms. The molecule has 24 heavy (non-hydrogen) atoms. The second-order valence-electron chi connectivity index (χ2n) is 5.19. The van der Waals surface area contributed by atoms with Crippen LogP contribution in [0.15, 0.2) is 42.5 Å². The van der Waals surface area contributed by atoms with Gasteiger partial charge in [0.25, 0.3) is 5.91 Å². The van der Waals surface area contributed by atoms with Crippen molar-refractivity contribution >= 4 is 34.1 Å². The van der Waals surface area contributed by atoms with Gasteiger partial charge in [-0.25, -0.2) is 9.37 Å². The summed E-state index contributed by atoms with van der Waals surface area (Å²) in [6.07, 6.45) is 0. The van der Waals surface area contributed by atoms with Crippen molar-refractivity contribution in [2.45, 2.75) is 0 Å². The van der Waals surface area contributed by atoms with Crippen LogP contribution in [0.1, 0.15) is 10.4 Å². The van der Waals surface area contributed by atoms with E-state index >= 15 is 0 Å². The quantitative estimate of drug-likeness (QED) is 0.714. The number of carbonyl (C=O) groups excluding carboxylic acids is 1. The van der Waals surface area contributed by atoms with Gasteiger partial charge in [0.2, 0.25) is 6.79 Å². The number of rotatable bonds is 2. The van der Waals surface area contributed by atoms with E-state index < -0.39 is 11.7 Å². The van der Waals surface area contributed by atoms with E-state index in [0.717, 1.165) is 0 Å². The van der Waals surface area contributed by atoms with E-state index in [4.69, 9.17) is 21.1 Å². The average Bonchev–Trinajstić information content (AvgIpc) is 3.01. The Labute approximate surface area is 141 Å². The summed E-state index contributed by atoms with van der Waals surface area (Å²) < 4.78 is 23.7. The van der Waals surface area contributed by atoms with Gasteiger partial charge in [-0.15, -0.1) is 0 Å². The molecule has 0 aliphatic carbocycles. The molecule has 2 heterocycles. The monoisotopic (exact) mass is 344 g/mol. The highest BCUT2D eigenvalue weighted by molar-refractivity contribution is 6.33. The molecule has 3 aromatic rings. The summed E-state index contributed by atoms with van der Waals surface area (Å²) in [5.41, 5.74) is 1.13. The first-order valence-electron chi connectivity index (χ1n) is 7.07. The van der Waals surface area contributed by atoms with Gasteiger partial charge in [0.15, 0.2) is 11.5 Å². The molecule has 2 aromatic carbocycles. The zero-order valence-electron chi connectivity index (χ0n) is 12.2. The number of carbonyl (C=O) groups is 1. The first kappa shape index (κ1) is 14.7. The van der Waals surface area contributed by atoms with Gasteiger partial charge in [-0.05, 0) is 30.3 Å². The molecule has 0 unspecified atom stereocenters. The van der Waals surface area contributed by atoms with Gasteiger partial charge in [-0.1, -0.05) is 11.6 Å². The van der Waals surface area contributed by atoms with Gasteiger partial charge < -0.3 is 14.8 Å². The standard InChI is InChI=1S/C17H10ClFN2O3/c18-16-12(5-9-1-2-10(19)6-13(9)21-16)17(22)20-11-3-4-14-15(7-11)24-8-23-14/h1-7H,8H2,(H,20,22). The van der Waals surface area contributed by atoms with Crippen molar-refractivity contribution in [2.75, 3.05) is 12.1 Å². The van der Waals surface area contributed by atoms with Crippen LogP contribution in [0.4, 0.5) is 10.1 Å². The predicted octanol–water partition coefficient (Wildman–Crippen LogP) is 4.01. The van der Waals surface area contributed by atoms with Crippen molar-refractivity contribution in [3.63, 3.8) is 0 Å². The lowest BCUT2D eigenvalue weighted by molar-refractivity contribution is 0.102. The van der Waals surface area contributed by atoms with Crippen LogP contribution in [0.3, 0.4) is 0 Å². The van der Waals surface area contributed by atoms with Crippen molar-refractivity contribution in [1.82, 2.24) is 4.98 Å². The Morgan fingerprint density at radius 1 is 1.12 bits per heavy atom. The van der Waals surface area contributed by atoms with Crippen LogP contribution < -0.4 is 14.8 Å². The highest BCUT2D eigenvalue weighted by Gasteiger charge is 2.17. The number of halogens is 2. The Morgan fingerprint density at radius 2 is 1.96 bits per heavy atom. The van der Waals surface area contributed by atoms with Gasteiger partial charge in [0.1, 0.15) is 11.0 Å². The molecule has 1 aliphatic rings. The predicted molar refractivity (Wildman–Crippen MR) is 87.2 cm³/mol. The van der Waals surface area contributed by atoms with E-state index in [9.17, 15) is 9.18 Å². The summed E-state index contributed by atoms with van der Waals surface area (Å²) in [5, 5.41) is 3.36. The Hall–Kier alpha value is -2.86. The first-order valence-corrected chi connectivity index (χ1v) is 7.45. The smallest absolute Gasteiger partial charge is 0.258 e. The zero-order valence-corrected chi connectivity index (χ0v) is 12.9. The van der Waals surface area contributed by atoms with E-state index in [1.165, 1.54) is 12.1 Å². The molecule has 1 aromatic heterocycles. The summed E-state index contributed by atoms with van der Waals surface area (Å²) in [6, 6.07) is 10.8. The fourth-order valence-electron chi connectivity index (χ4n) is 2.45. The number of hydrogen-bond acceptors (Lipinski definition) is 4. The Morgan fingerprint density at radius 3 is 2.83 bits per heavy atom. The molecule has 4 rings (SSSR count). The van der Waals surface area contributed by atoms with E-state index in [1.54, 1.807) is 30.3 Å². The SMILES string of the molecule is O=C(Nc1ccc2c(c1)OCO2)c1cc2ccc(F)cc2nc1Cl. The molecular weight excluding hydrogens is 335 g/mol. The summed E-state index contributed by atoms with van der Waals surface area (Å²) in [7, 11) is 0. The maximum Gasteiger partial charge on any atom is 0.258 e. The number of anilines is 1. The Bertz CT molecular complexity index is 977. The normalized spacial score (nSPS) is 12.4. The molecule has 7 heteroatoms. The number of hydrogen-bond donors (Lipinski definition) is 1. The number of ether oxygens (including phenoxy) is 2. The third kappa shape index (κ3) is 2.61. The van der Waals surface area contributed by atoms with Crippen molar-refractivity contribution in [3.8, 4) is 11.5 Å². The number of aromatic nitrogens is 1. The van der Waals surface area contributed by atoms with Gasteiger partial charge in [-0.2, -0.15) is 0 Å². The summed E-state index contributed by atoms with van der Waals surface area (Å²) in [5.74, 6) is 0.354. The van der Waals surface area contributed by atoms with Crippen molar-refractivity contribution in [1.29, 1.82) is 0 Å². The van der Waals surface area contributed by atoms with Crippen LogP contribution in [0.2, 0.25) is 5.15 Å². The molecule has 0 saturated carbocycles. The molecule has 0 fully saturated rings. The fraction of sp³-hybridized carbons (Fsp3) is 0.0588. The molecule has 5 nitrogen and oxygen atoms in total. The van der Waals surface area contributed by atoms with Gasteiger partial charge in [-0.3, -0.25) is 4.79 Å². The van der Waals surface area contributed by atoms with Gasteiger partial charge in [0, 0.05) is 23.2 Å². The molecular formula is C17H10ClFN2O3. The number of amides is 1. The molecule has 120 valence electrons. The Balaban J connectivity index is 1.65. The summed E-state index contributed by atoms with van der Waals surface area (Å²) in [4.78, 5) is 16.5. The zero-order chi connectivity index (χ0) is 16.7. The number of fused-ring (bicyclic) bond motifs is 2. The van der Waals surface area contributed by atoms with E-state index in [1.807, 2.05) is 0 Å². The number of nitrogens with one attached hydrogen (secondary N) is 1. The van der Waals surface area contributed by atoms with Crippen LogP contribution in [0, 0.1) is 5.82 Å². The highest BCUT2D eigenvalue weighted by Crippen LogP contribution is 2.34. The van der Waals surface area contributed by atoms with Crippen molar-refractivity contribution in [2.24, 2.45) is 0 Å². The molecule has 0 saturated heterocycles.